The van der Waals surface area contributed by atoms with Crippen molar-refractivity contribution in [3.05, 3.63) is 119 Å². The van der Waals surface area contributed by atoms with Gasteiger partial charge in [0.25, 0.3) is 10.0 Å². The van der Waals surface area contributed by atoms with Crippen LogP contribution < -0.4 is 19.1 Å². The molecule has 0 aliphatic heterocycles. The molecule has 1 fully saturated rings. The predicted molar refractivity (Wildman–Crippen MR) is 191 cm³/mol. The summed E-state index contributed by atoms with van der Waals surface area (Å²) in [6.45, 7) is -0.499. The van der Waals surface area contributed by atoms with E-state index < -0.39 is 28.5 Å². The molecule has 1 saturated carbocycles. The minimum atomic E-state index is -4.31. The molecule has 5 rings (SSSR count). The van der Waals surface area contributed by atoms with Crippen molar-refractivity contribution in [2.75, 3.05) is 25.1 Å². The van der Waals surface area contributed by atoms with Gasteiger partial charge in [0.2, 0.25) is 11.8 Å². The van der Waals surface area contributed by atoms with Crippen molar-refractivity contribution in [3.63, 3.8) is 0 Å². The number of methoxy groups -OCH3 is 2. The Bertz CT molecular complexity index is 1800. The fourth-order valence-electron chi connectivity index (χ4n) is 6.11. The average Bonchev–Trinajstić information content (AvgIpc) is 3.13. The molecule has 0 bridgehead atoms. The predicted octanol–water partition coefficient (Wildman–Crippen LogP) is 6.64. The number of rotatable bonds is 14. The molecule has 9 nitrogen and oxygen atoms in total. The average molecular weight is 704 g/mol. The number of hydrogen-bond donors (Lipinski definition) is 1. The van der Waals surface area contributed by atoms with Gasteiger partial charge in [0, 0.05) is 30.1 Å². The Kier molecular flexibility index (Phi) is 12.2. The molecule has 0 aromatic heterocycles. The fraction of sp³-hybridized carbons (Fsp3) is 0.316. The number of carbonyl (C=O) groups excluding carboxylic acids is 2. The smallest absolute Gasteiger partial charge is 0.264 e. The Morgan fingerprint density at radius 2 is 1.45 bits per heavy atom. The lowest BCUT2D eigenvalue weighted by atomic mass is 9.94. The molecule has 1 aliphatic rings. The van der Waals surface area contributed by atoms with E-state index in [-0.39, 0.29) is 35.6 Å². The molecule has 1 N–H and O–H groups in total. The molecule has 0 spiro atoms. The number of amides is 2. The molecule has 2 amide bonds. The summed E-state index contributed by atoms with van der Waals surface area (Å²) < 4.78 is 40.5. The second kappa shape index (κ2) is 16.7. The third-order valence-electron chi connectivity index (χ3n) is 8.75. The highest BCUT2D eigenvalue weighted by atomic mass is 35.5. The van der Waals surface area contributed by atoms with Crippen LogP contribution in [0.5, 0.6) is 11.5 Å². The number of para-hydroxylation sites is 1. The van der Waals surface area contributed by atoms with Gasteiger partial charge in [0.05, 0.1) is 24.8 Å². The Hall–Kier alpha value is -4.54. The molecular weight excluding hydrogens is 662 g/mol. The molecular formula is C38H42ClN3O6S. The Balaban J connectivity index is 1.56. The monoisotopic (exact) mass is 703 g/mol. The van der Waals surface area contributed by atoms with Crippen LogP contribution in [0.1, 0.15) is 43.2 Å². The van der Waals surface area contributed by atoms with Crippen LogP contribution in [0.25, 0.3) is 0 Å². The van der Waals surface area contributed by atoms with Gasteiger partial charge in [-0.25, -0.2) is 8.42 Å². The van der Waals surface area contributed by atoms with Crippen LogP contribution in [0.2, 0.25) is 5.02 Å². The molecule has 0 unspecified atom stereocenters. The van der Waals surface area contributed by atoms with E-state index in [1.165, 1.54) is 37.3 Å². The number of nitrogens with zero attached hydrogens (tertiary/aromatic N) is 2. The topological polar surface area (TPSA) is 105 Å². The normalized spacial score (nSPS) is 14.0. The highest BCUT2D eigenvalue weighted by Crippen LogP contribution is 2.32. The van der Waals surface area contributed by atoms with E-state index in [4.69, 9.17) is 21.1 Å². The van der Waals surface area contributed by atoms with E-state index in [0.29, 0.717) is 16.5 Å². The number of ether oxygens (including phenoxy) is 2. The van der Waals surface area contributed by atoms with Gasteiger partial charge < -0.3 is 19.7 Å². The minimum Gasteiger partial charge on any atom is -0.493 e. The van der Waals surface area contributed by atoms with Gasteiger partial charge in [-0.1, -0.05) is 91.5 Å². The van der Waals surface area contributed by atoms with Crippen molar-refractivity contribution in [3.8, 4) is 11.5 Å². The maximum absolute atomic E-state index is 14.7. The first kappa shape index (κ1) is 35.8. The van der Waals surface area contributed by atoms with Gasteiger partial charge in [0.1, 0.15) is 12.6 Å². The summed E-state index contributed by atoms with van der Waals surface area (Å²) in [7, 11) is -1.43. The first-order valence-corrected chi connectivity index (χ1v) is 18.2. The molecule has 1 aliphatic carbocycles. The summed E-state index contributed by atoms with van der Waals surface area (Å²) in [4.78, 5) is 30.3. The largest absolute Gasteiger partial charge is 0.493 e. The quantitative estimate of drug-likeness (QED) is 0.158. The van der Waals surface area contributed by atoms with Gasteiger partial charge in [-0.2, -0.15) is 0 Å². The highest BCUT2D eigenvalue weighted by Gasteiger charge is 2.35. The Morgan fingerprint density at radius 1 is 0.816 bits per heavy atom. The Labute approximate surface area is 293 Å². The van der Waals surface area contributed by atoms with Gasteiger partial charge in [-0.15, -0.1) is 0 Å². The van der Waals surface area contributed by atoms with Crippen molar-refractivity contribution in [2.24, 2.45) is 0 Å². The van der Waals surface area contributed by atoms with E-state index in [1.807, 2.05) is 30.3 Å². The fourth-order valence-corrected chi connectivity index (χ4v) is 7.67. The lowest BCUT2D eigenvalue weighted by molar-refractivity contribution is -0.140. The lowest BCUT2D eigenvalue weighted by Crippen LogP contribution is -2.55. The summed E-state index contributed by atoms with van der Waals surface area (Å²) >= 11 is 6.19. The van der Waals surface area contributed by atoms with E-state index in [2.05, 4.69) is 5.32 Å². The zero-order chi connectivity index (χ0) is 34.8. The number of halogens is 1. The van der Waals surface area contributed by atoms with Crippen molar-refractivity contribution in [1.29, 1.82) is 0 Å². The SMILES string of the molecule is COc1ccc(S(=O)(=O)N(CC(=O)N(Cc2ccc(Cl)cc2)[C@@H](Cc2ccccc2)C(=O)NC2CCCCC2)c2ccccc2)cc1OC. The van der Waals surface area contributed by atoms with Gasteiger partial charge >= 0.3 is 0 Å². The van der Waals surface area contributed by atoms with Crippen LogP contribution in [0.3, 0.4) is 0 Å². The standard InChI is InChI=1S/C38H42ClN3O6S/c1-47-35-23-22-33(25-36(35)48-2)49(45,46)42(32-16-10-5-11-17-32)27-37(43)41(26-29-18-20-30(39)21-19-29)34(24-28-12-6-3-7-13-28)38(44)40-31-14-8-4-9-15-31/h3,5-7,10-13,16-23,25,31,34H,4,8-9,14-15,24,26-27H2,1-2H3,(H,40,44)/t34-/m0/s1. The molecule has 0 heterocycles. The van der Waals surface area contributed by atoms with Crippen LogP contribution in [0.15, 0.2) is 108 Å². The molecule has 4 aromatic rings. The van der Waals surface area contributed by atoms with Crippen LogP contribution in [0.4, 0.5) is 5.69 Å². The van der Waals surface area contributed by atoms with Crippen LogP contribution in [-0.4, -0.2) is 58.0 Å². The van der Waals surface area contributed by atoms with E-state index >= 15 is 0 Å². The van der Waals surface area contributed by atoms with E-state index in [1.54, 1.807) is 54.6 Å². The number of hydrogen-bond acceptors (Lipinski definition) is 6. The second-order valence-electron chi connectivity index (χ2n) is 12.1. The van der Waals surface area contributed by atoms with Gasteiger partial charge in [-0.05, 0) is 60.4 Å². The summed E-state index contributed by atoms with van der Waals surface area (Å²) in [6.07, 6.45) is 5.18. The van der Waals surface area contributed by atoms with Crippen molar-refractivity contribution in [2.45, 2.75) is 62.0 Å². The number of anilines is 1. The second-order valence-corrected chi connectivity index (χ2v) is 14.4. The first-order chi connectivity index (χ1) is 23.7. The third kappa shape index (κ3) is 9.13. The maximum Gasteiger partial charge on any atom is 0.264 e. The maximum atomic E-state index is 14.7. The van der Waals surface area contributed by atoms with E-state index in [0.717, 1.165) is 47.5 Å². The lowest BCUT2D eigenvalue weighted by Gasteiger charge is -2.35. The molecule has 0 saturated heterocycles. The highest BCUT2D eigenvalue weighted by molar-refractivity contribution is 7.92. The summed E-state index contributed by atoms with van der Waals surface area (Å²) in [5.41, 5.74) is 1.91. The van der Waals surface area contributed by atoms with Crippen LogP contribution in [-0.2, 0) is 32.6 Å². The van der Waals surface area contributed by atoms with Crippen molar-refractivity contribution < 1.29 is 27.5 Å². The molecule has 49 heavy (non-hydrogen) atoms. The molecule has 1 atom stereocenters. The third-order valence-corrected chi connectivity index (χ3v) is 10.8. The zero-order valence-electron chi connectivity index (χ0n) is 27.8. The molecule has 11 heteroatoms. The molecule has 0 radical (unpaired) electrons. The first-order valence-electron chi connectivity index (χ1n) is 16.4. The van der Waals surface area contributed by atoms with Crippen LogP contribution >= 0.6 is 11.6 Å². The summed E-state index contributed by atoms with van der Waals surface area (Å²) in [6, 6.07) is 28.4. The Morgan fingerprint density at radius 3 is 2.08 bits per heavy atom. The summed E-state index contributed by atoms with van der Waals surface area (Å²) in [5.74, 6) is -0.213. The summed E-state index contributed by atoms with van der Waals surface area (Å²) in [5, 5.41) is 3.76. The number of nitrogens with one attached hydrogen (secondary N) is 1. The van der Waals surface area contributed by atoms with Gasteiger partial charge in [-0.3, -0.25) is 13.9 Å². The number of benzene rings is 4. The number of carbonyl (C=O) groups is 2. The van der Waals surface area contributed by atoms with Crippen molar-refractivity contribution in [1.82, 2.24) is 10.2 Å². The molecule has 258 valence electrons. The van der Waals surface area contributed by atoms with Gasteiger partial charge in [0.15, 0.2) is 11.5 Å². The van der Waals surface area contributed by atoms with Crippen molar-refractivity contribution >= 4 is 39.1 Å². The van der Waals surface area contributed by atoms with E-state index in [9.17, 15) is 18.0 Å². The zero-order valence-corrected chi connectivity index (χ0v) is 29.3. The molecule has 4 aromatic carbocycles. The number of sulfonamides is 1. The van der Waals surface area contributed by atoms with Crippen LogP contribution in [0, 0.1) is 0 Å². The minimum absolute atomic E-state index is 0.0123.